The average molecular weight is 195 g/mol. The maximum absolute atomic E-state index is 8.90. The molecule has 1 heterocycles. The van der Waals surface area contributed by atoms with E-state index in [0.29, 0.717) is 18.6 Å². The van der Waals surface area contributed by atoms with Gasteiger partial charge in [-0.05, 0) is 33.6 Å². The van der Waals surface area contributed by atoms with Crippen molar-refractivity contribution in [3.63, 3.8) is 0 Å². The summed E-state index contributed by atoms with van der Waals surface area (Å²) < 4.78 is 0. The molecule has 0 radical (unpaired) electrons. The van der Waals surface area contributed by atoms with Crippen LogP contribution in [-0.2, 0) is 0 Å². The Hall–Kier alpha value is -0.590. The fourth-order valence-electron chi connectivity index (χ4n) is 2.20. The second kappa shape index (κ2) is 4.29. The lowest BCUT2D eigenvalue weighted by Crippen LogP contribution is -2.54. The highest BCUT2D eigenvalue weighted by Crippen LogP contribution is 2.23. The van der Waals surface area contributed by atoms with Crippen molar-refractivity contribution in [2.24, 2.45) is 5.73 Å². The fraction of sp³-hybridized carbons (Fsp3) is 0.909. The van der Waals surface area contributed by atoms with E-state index in [0.717, 1.165) is 0 Å². The summed E-state index contributed by atoms with van der Waals surface area (Å²) >= 11 is 0. The summed E-state index contributed by atoms with van der Waals surface area (Å²) in [5, 5.41) is 8.90. The third-order valence-corrected chi connectivity index (χ3v) is 3.14. The zero-order valence-electron chi connectivity index (χ0n) is 9.45. The van der Waals surface area contributed by atoms with E-state index >= 15 is 0 Å². The fourth-order valence-corrected chi connectivity index (χ4v) is 2.20. The van der Waals surface area contributed by atoms with Gasteiger partial charge in [0.2, 0.25) is 0 Å². The van der Waals surface area contributed by atoms with Crippen molar-refractivity contribution in [1.82, 2.24) is 4.90 Å². The minimum atomic E-state index is -0.708. The predicted molar refractivity (Wildman–Crippen MR) is 57.7 cm³/mol. The minimum absolute atomic E-state index is 0.565. The Balaban J connectivity index is 2.61. The standard InChI is InChI=1S/C11H21N3/c1-9-5-4-6-10(2)14(9)8-11(3,13)7-12/h9-10H,4-6,8,13H2,1-3H3/t9-,10+,11?. The van der Waals surface area contributed by atoms with Crippen LogP contribution in [0.15, 0.2) is 0 Å². The summed E-state index contributed by atoms with van der Waals surface area (Å²) in [7, 11) is 0. The summed E-state index contributed by atoms with van der Waals surface area (Å²) in [6.07, 6.45) is 3.75. The number of nitrogens with two attached hydrogens (primary N) is 1. The first-order valence-corrected chi connectivity index (χ1v) is 5.42. The van der Waals surface area contributed by atoms with E-state index in [2.05, 4.69) is 24.8 Å². The molecule has 1 rings (SSSR count). The quantitative estimate of drug-likeness (QED) is 0.726. The third kappa shape index (κ3) is 2.70. The van der Waals surface area contributed by atoms with E-state index in [1.807, 2.05) is 0 Å². The van der Waals surface area contributed by atoms with Gasteiger partial charge in [-0.3, -0.25) is 4.90 Å². The molecule has 0 aliphatic carbocycles. The Morgan fingerprint density at radius 3 is 2.36 bits per heavy atom. The molecular formula is C11H21N3. The van der Waals surface area contributed by atoms with Gasteiger partial charge in [-0.1, -0.05) is 6.42 Å². The van der Waals surface area contributed by atoms with Gasteiger partial charge in [0, 0.05) is 18.6 Å². The molecule has 0 spiro atoms. The lowest BCUT2D eigenvalue weighted by atomic mass is 9.94. The highest BCUT2D eigenvalue weighted by Gasteiger charge is 2.30. The monoisotopic (exact) mass is 195 g/mol. The molecule has 2 N–H and O–H groups in total. The van der Waals surface area contributed by atoms with Crippen LogP contribution in [0.4, 0.5) is 0 Å². The number of rotatable bonds is 2. The van der Waals surface area contributed by atoms with Crippen LogP contribution >= 0.6 is 0 Å². The van der Waals surface area contributed by atoms with Crippen molar-refractivity contribution in [2.75, 3.05) is 6.54 Å². The Bertz CT molecular complexity index is 219. The molecule has 0 aromatic rings. The van der Waals surface area contributed by atoms with Crippen LogP contribution in [0.1, 0.15) is 40.0 Å². The molecule has 14 heavy (non-hydrogen) atoms. The lowest BCUT2D eigenvalue weighted by molar-refractivity contribution is 0.0888. The van der Waals surface area contributed by atoms with Gasteiger partial charge >= 0.3 is 0 Å². The number of likely N-dealkylation sites (tertiary alicyclic amines) is 1. The second-order valence-electron chi connectivity index (χ2n) is 4.83. The summed E-state index contributed by atoms with van der Waals surface area (Å²) in [5.41, 5.74) is 5.16. The SMILES string of the molecule is C[C@@H]1CCC[C@H](C)N1CC(C)(N)C#N. The van der Waals surface area contributed by atoms with Crippen LogP contribution in [0.2, 0.25) is 0 Å². The Labute approximate surface area is 86.9 Å². The summed E-state index contributed by atoms with van der Waals surface area (Å²) in [6.45, 7) is 6.94. The third-order valence-electron chi connectivity index (χ3n) is 3.14. The molecule has 1 unspecified atom stereocenters. The zero-order chi connectivity index (χ0) is 10.8. The largest absolute Gasteiger partial charge is 0.313 e. The van der Waals surface area contributed by atoms with Gasteiger partial charge in [0.05, 0.1) is 6.07 Å². The summed E-state index contributed by atoms with van der Waals surface area (Å²) in [5.74, 6) is 0. The number of hydrogen-bond acceptors (Lipinski definition) is 3. The minimum Gasteiger partial charge on any atom is -0.313 e. The van der Waals surface area contributed by atoms with Gasteiger partial charge in [0.25, 0.3) is 0 Å². The maximum Gasteiger partial charge on any atom is 0.114 e. The molecule has 1 aliphatic heterocycles. The van der Waals surface area contributed by atoms with E-state index in [1.54, 1.807) is 6.92 Å². The van der Waals surface area contributed by atoms with Gasteiger partial charge in [0.1, 0.15) is 5.54 Å². The predicted octanol–water partition coefficient (Wildman–Crippen LogP) is 1.49. The molecule has 1 aliphatic rings. The van der Waals surface area contributed by atoms with Crippen molar-refractivity contribution in [2.45, 2.75) is 57.7 Å². The van der Waals surface area contributed by atoms with E-state index in [4.69, 9.17) is 11.0 Å². The van der Waals surface area contributed by atoms with Gasteiger partial charge in [-0.25, -0.2) is 0 Å². The summed E-state index contributed by atoms with van der Waals surface area (Å²) in [6, 6.07) is 3.30. The van der Waals surface area contributed by atoms with Gasteiger partial charge in [0.15, 0.2) is 0 Å². The summed E-state index contributed by atoms with van der Waals surface area (Å²) in [4.78, 5) is 2.37. The van der Waals surface area contributed by atoms with Gasteiger partial charge in [-0.15, -0.1) is 0 Å². The van der Waals surface area contributed by atoms with Crippen molar-refractivity contribution in [3.05, 3.63) is 0 Å². The first-order chi connectivity index (χ1) is 6.46. The molecule has 3 atom stereocenters. The lowest BCUT2D eigenvalue weighted by Gasteiger charge is -2.41. The maximum atomic E-state index is 8.90. The molecule has 0 amide bonds. The second-order valence-corrected chi connectivity index (χ2v) is 4.83. The first-order valence-electron chi connectivity index (χ1n) is 5.42. The van der Waals surface area contributed by atoms with Crippen molar-refractivity contribution >= 4 is 0 Å². The van der Waals surface area contributed by atoms with E-state index < -0.39 is 5.54 Å². The van der Waals surface area contributed by atoms with Crippen LogP contribution in [0.5, 0.6) is 0 Å². The van der Waals surface area contributed by atoms with Crippen LogP contribution in [0.25, 0.3) is 0 Å². The molecule has 0 aromatic heterocycles. The highest BCUT2D eigenvalue weighted by molar-refractivity contribution is 5.04. The molecule has 3 nitrogen and oxygen atoms in total. The van der Waals surface area contributed by atoms with Crippen molar-refractivity contribution in [1.29, 1.82) is 5.26 Å². The molecule has 0 saturated carbocycles. The molecule has 0 bridgehead atoms. The van der Waals surface area contributed by atoms with Crippen molar-refractivity contribution < 1.29 is 0 Å². The van der Waals surface area contributed by atoms with Crippen LogP contribution in [-0.4, -0.2) is 29.1 Å². The number of hydrogen-bond donors (Lipinski definition) is 1. The van der Waals surface area contributed by atoms with Crippen LogP contribution in [0.3, 0.4) is 0 Å². The van der Waals surface area contributed by atoms with Crippen LogP contribution in [0, 0.1) is 11.3 Å². The Morgan fingerprint density at radius 2 is 1.93 bits per heavy atom. The topological polar surface area (TPSA) is 53.0 Å². The molecule has 0 aromatic carbocycles. The molecule has 1 fully saturated rings. The Morgan fingerprint density at radius 1 is 1.43 bits per heavy atom. The Kier molecular flexibility index (Phi) is 3.52. The zero-order valence-corrected chi connectivity index (χ0v) is 9.45. The number of nitrogens with zero attached hydrogens (tertiary/aromatic N) is 2. The molecule has 80 valence electrons. The smallest absolute Gasteiger partial charge is 0.114 e. The van der Waals surface area contributed by atoms with E-state index in [9.17, 15) is 0 Å². The molecule has 3 heteroatoms. The first kappa shape index (κ1) is 11.5. The normalized spacial score (nSPS) is 33.4. The number of nitriles is 1. The van der Waals surface area contributed by atoms with Crippen LogP contribution < -0.4 is 5.73 Å². The van der Waals surface area contributed by atoms with E-state index in [1.165, 1.54) is 19.3 Å². The number of piperidine rings is 1. The van der Waals surface area contributed by atoms with Gasteiger partial charge in [-0.2, -0.15) is 5.26 Å². The molecular weight excluding hydrogens is 174 g/mol. The van der Waals surface area contributed by atoms with Crippen molar-refractivity contribution in [3.8, 4) is 6.07 Å². The van der Waals surface area contributed by atoms with Gasteiger partial charge < -0.3 is 5.73 Å². The highest BCUT2D eigenvalue weighted by atomic mass is 15.2. The molecule has 1 saturated heterocycles. The van der Waals surface area contributed by atoms with E-state index in [-0.39, 0.29) is 0 Å². The average Bonchev–Trinajstić information content (AvgIpc) is 2.12.